The second kappa shape index (κ2) is 5.77. The quantitative estimate of drug-likeness (QED) is 0.898. The number of halogens is 1. The van der Waals surface area contributed by atoms with Gasteiger partial charge in [0, 0.05) is 19.1 Å². The molecule has 0 unspecified atom stereocenters. The standard InChI is InChI=1S/C12H17ClN2O2/c1-8-5-11(17-4)10(6-9(8)13)14-7-12(16)15(2)3/h5-6,14H,7H2,1-4H3. The molecule has 1 amide bonds. The highest BCUT2D eigenvalue weighted by molar-refractivity contribution is 6.31. The minimum absolute atomic E-state index is 0.0104. The zero-order valence-corrected chi connectivity index (χ0v) is 11.3. The number of carbonyl (C=O) groups is 1. The Balaban J connectivity index is 2.83. The van der Waals surface area contributed by atoms with Gasteiger partial charge in [-0.2, -0.15) is 0 Å². The van der Waals surface area contributed by atoms with E-state index >= 15 is 0 Å². The number of rotatable bonds is 4. The molecule has 0 atom stereocenters. The summed E-state index contributed by atoms with van der Waals surface area (Å²) in [7, 11) is 5.01. The normalized spacial score (nSPS) is 9.94. The van der Waals surface area contributed by atoms with Crippen LogP contribution in [0.1, 0.15) is 5.56 Å². The number of carbonyl (C=O) groups excluding carboxylic acids is 1. The zero-order valence-electron chi connectivity index (χ0n) is 10.5. The first-order valence-corrected chi connectivity index (χ1v) is 5.61. The van der Waals surface area contributed by atoms with Gasteiger partial charge < -0.3 is 15.0 Å². The Hall–Kier alpha value is -1.42. The lowest BCUT2D eigenvalue weighted by Crippen LogP contribution is -2.28. The molecule has 0 aliphatic rings. The average Bonchev–Trinajstić information content (AvgIpc) is 2.29. The number of hydrogen-bond donors (Lipinski definition) is 1. The topological polar surface area (TPSA) is 41.6 Å². The number of nitrogens with one attached hydrogen (secondary N) is 1. The van der Waals surface area contributed by atoms with Crippen molar-refractivity contribution in [3.05, 3.63) is 22.7 Å². The number of amides is 1. The highest BCUT2D eigenvalue weighted by atomic mass is 35.5. The zero-order chi connectivity index (χ0) is 13.0. The summed E-state index contributed by atoms with van der Waals surface area (Å²) < 4.78 is 5.23. The van der Waals surface area contributed by atoms with Crippen LogP contribution in [0.4, 0.5) is 5.69 Å². The first kappa shape index (κ1) is 13.6. The second-order valence-electron chi connectivity index (χ2n) is 3.94. The van der Waals surface area contributed by atoms with Crippen molar-refractivity contribution >= 4 is 23.2 Å². The van der Waals surface area contributed by atoms with E-state index < -0.39 is 0 Å². The molecule has 1 rings (SSSR count). The van der Waals surface area contributed by atoms with Crippen LogP contribution in [0.5, 0.6) is 5.75 Å². The third-order valence-electron chi connectivity index (χ3n) is 2.41. The second-order valence-corrected chi connectivity index (χ2v) is 4.35. The van der Waals surface area contributed by atoms with E-state index in [0.29, 0.717) is 10.8 Å². The summed E-state index contributed by atoms with van der Waals surface area (Å²) in [6.07, 6.45) is 0. The van der Waals surface area contributed by atoms with Crippen LogP contribution in [0.3, 0.4) is 0 Å². The van der Waals surface area contributed by atoms with Gasteiger partial charge in [-0.05, 0) is 24.6 Å². The molecule has 5 heteroatoms. The molecule has 0 fully saturated rings. The molecule has 94 valence electrons. The van der Waals surface area contributed by atoms with Gasteiger partial charge in [-0.1, -0.05) is 11.6 Å². The van der Waals surface area contributed by atoms with E-state index in [1.54, 1.807) is 27.3 Å². The fraction of sp³-hybridized carbons (Fsp3) is 0.417. The summed E-state index contributed by atoms with van der Waals surface area (Å²) in [6.45, 7) is 2.11. The molecule has 0 saturated carbocycles. The first-order valence-electron chi connectivity index (χ1n) is 5.24. The summed E-state index contributed by atoms with van der Waals surface area (Å²) in [5.41, 5.74) is 1.66. The molecular weight excluding hydrogens is 240 g/mol. The number of aryl methyl sites for hydroxylation is 1. The van der Waals surface area contributed by atoms with Gasteiger partial charge >= 0.3 is 0 Å². The largest absolute Gasteiger partial charge is 0.495 e. The Labute approximate surface area is 107 Å². The van der Waals surface area contributed by atoms with Crippen molar-refractivity contribution in [3.8, 4) is 5.75 Å². The molecular formula is C12H17ClN2O2. The van der Waals surface area contributed by atoms with Gasteiger partial charge in [0.05, 0.1) is 19.3 Å². The lowest BCUT2D eigenvalue weighted by Gasteiger charge is -2.15. The molecule has 17 heavy (non-hydrogen) atoms. The monoisotopic (exact) mass is 256 g/mol. The van der Waals surface area contributed by atoms with Crippen LogP contribution in [0.25, 0.3) is 0 Å². The molecule has 1 N–H and O–H groups in total. The molecule has 1 aromatic carbocycles. The number of benzene rings is 1. The van der Waals surface area contributed by atoms with Gasteiger partial charge in [-0.3, -0.25) is 4.79 Å². The van der Waals surface area contributed by atoms with Gasteiger partial charge in [0.1, 0.15) is 5.75 Å². The Morgan fingerprint density at radius 2 is 2.12 bits per heavy atom. The Kier molecular flexibility index (Phi) is 4.63. The van der Waals surface area contributed by atoms with Crippen LogP contribution >= 0.6 is 11.6 Å². The first-order chi connectivity index (χ1) is 7.95. The molecule has 0 spiro atoms. The number of methoxy groups -OCH3 is 1. The van der Waals surface area contributed by atoms with Gasteiger partial charge in [0.25, 0.3) is 0 Å². The van der Waals surface area contributed by atoms with Crippen molar-refractivity contribution in [1.29, 1.82) is 0 Å². The molecule has 0 radical (unpaired) electrons. The van der Waals surface area contributed by atoms with Gasteiger partial charge in [-0.15, -0.1) is 0 Å². The minimum Gasteiger partial charge on any atom is -0.495 e. The van der Waals surface area contributed by atoms with Crippen molar-refractivity contribution in [3.63, 3.8) is 0 Å². The Morgan fingerprint density at radius 1 is 1.47 bits per heavy atom. The third-order valence-corrected chi connectivity index (χ3v) is 2.82. The minimum atomic E-state index is -0.0104. The van der Waals surface area contributed by atoms with E-state index in [2.05, 4.69) is 5.32 Å². The van der Waals surface area contributed by atoms with E-state index in [0.717, 1.165) is 11.3 Å². The van der Waals surface area contributed by atoms with Crippen molar-refractivity contribution in [2.75, 3.05) is 33.1 Å². The summed E-state index contributed by atoms with van der Waals surface area (Å²) in [5, 5.41) is 3.66. The predicted molar refractivity (Wildman–Crippen MR) is 69.9 cm³/mol. The predicted octanol–water partition coefficient (Wildman–Crippen LogP) is 2.16. The summed E-state index contributed by atoms with van der Waals surface area (Å²) in [6, 6.07) is 3.60. The van der Waals surface area contributed by atoms with Gasteiger partial charge in [-0.25, -0.2) is 0 Å². The maximum atomic E-state index is 11.5. The van der Waals surface area contributed by atoms with Crippen LogP contribution in [-0.4, -0.2) is 38.6 Å². The van der Waals surface area contributed by atoms with Crippen LogP contribution < -0.4 is 10.1 Å². The SMILES string of the molecule is COc1cc(C)c(Cl)cc1NCC(=O)N(C)C. The highest BCUT2D eigenvalue weighted by Crippen LogP contribution is 2.30. The van der Waals surface area contributed by atoms with E-state index in [9.17, 15) is 4.79 Å². The summed E-state index contributed by atoms with van der Waals surface area (Å²) in [4.78, 5) is 13.0. The number of likely N-dealkylation sites (N-methyl/N-ethyl adjacent to an activating group) is 1. The van der Waals surface area contributed by atoms with Crippen molar-refractivity contribution in [1.82, 2.24) is 4.90 Å². The van der Waals surface area contributed by atoms with E-state index in [1.807, 2.05) is 13.0 Å². The van der Waals surface area contributed by atoms with Crippen molar-refractivity contribution < 1.29 is 9.53 Å². The highest BCUT2D eigenvalue weighted by Gasteiger charge is 2.09. The molecule has 1 aromatic rings. The van der Waals surface area contributed by atoms with Crippen LogP contribution in [0.2, 0.25) is 5.02 Å². The Morgan fingerprint density at radius 3 is 2.65 bits per heavy atom. The van der Waals surface area contributed by atoms with Crippen LogP contribution in [0.15, 0.2) is 12.1 Å². The fourth-order valence-electron chi connectivity index (χ4n) is 1.29. The van der Waals surface area contributed by atoms with Crippen molar-refractivity contribution in [2.24, 2.45) is 0 Å². The number of nitrogens with zero attached hydrogens (tertiary/aromatic N) is 1. The number of hydrogen-bond acceptors (Lipinski definition) is 3. The average molecular weight is 257 g/mol. The third kappa shape index (κ3) is 3.53. The smallest absolute Gasteiger partial charge is 0.241 e. The van der Waals surface area contributed by atoms with E-state index in [4.69, 9.17) is 16.3 Å². The lowest BCUT2D eigenvalue weighted by atomic mass is 10.2. The molecule has 0 heterocycles. The maximum Gasteiger partial charge on any atom is 0.241 e. The van der Waals surface area contributed by atoms with E-state index in [1.165, 1.54) is 4.90 Å². The maximum absolute atomic E-state index is 11.5. The molecule has 0 aliphatic heterocycles. The lowest BCUT2D eigenvalue weighted by molar-refractivity contribution is -0.126. The molecule has 0 saturated heterocycles. The summed E-state index contributed by atoms with van der Waals surface area (Å²) in [5.74, 6) is 0.669. The fourth-order valence-corrected chi connectivity index (χ4v) is 1.45. The molecule has 0 aromatic heterocycles. The molecule has 0 bridgehead atoms. The molecule has 4 nitrogen and oxygen atoms in total. The van der Waals surface area contributed by atoms with E-state index in [-0.39, 0.29) is 12.5 Å². The van der Waals surface area contributed by atoms with Gasteiger partial charge in [0.2, 0.25) is 5.91 Å². The Bertz CT molecular complexity index is 419. The van der Waals surface area contributed by atoms with Gasteiger partial charge in [0.15, 0.2) is 0 Å². The van der Waals surface area contributed by atoms with Crippen LogP contribution in [-0.2, 0) is 4.79 Å². The van der Waals surface area contributed by atoms with Crippen molar-refractivity contribution in [2.45, 2.75) is 6.92 Å². The number of ether oxygens (including phenoxy) is 1. The molecule has 0 aliphatic carbocycles. The van der Waals surface area contributed by atoms with Crippen LogP contribution in [0, 0.1) is 6.92 Å². The number of anilines is 1. The summed E-state index contributed by atoms with van der Waals surface area (Å²) >= 11 is 6.03.